The summed E-state index contributed by atoms with van der Waals surface area (Å²) >= 11 is 0. The van der Waals surface area contributed by atoms with Crippen molar-refractivity contribution in [3.05, 3.63) is 132 Å². The van der Waals surface area contributed by atoms with Gasteiger partial charge < -0.3 is 34.9 Å². The number of allylic oxidation sites excluding steroid dienone is 1. The Kier molecular flexibility index (Phi) is 11.7. The van der Waals surface area contributed by atoms with Gasteiger partial charge in [0, 0.05) is 37.0 Å². The van der Waals surface area contributed by atoms with Crippen LogP contribution in [-0.2, 0) is 16.0 Å². The highest BCUT2D eigenvalue weighted by Gasteiger charge is 2.37. The van der Waals surface area contributed by atoms with Crippen molar-refractivity contribution in [2.75, 3.05) is 20.2 Å². The first-order chi connectivity index (χ1) is 29.1. The zero-order valence-corrected chi connectivity index (χ0v) is 34.0. The molecule has 2 aliphatic heterocycles. The number of aromatic amines is 2. The molecule has 4 heterocycles. The van der Waals surface area contributed by atoms with E-state index in [0.717, 1.165) is 93.7 Å². The molecule has 6 aromatic rings. The molecule has 0 aliphatic carbocycles. The summed E-state index contributed by atoms with van der Waals surface area (Å²) in [6, 6.07) is 30.3. The topological polar surface area (TPSA) is 169 Å². The third kappa shape index (κ3) is 8.75. The third-order valence-corrected chi connectivity index (χ3v) is 11.6. The molecule has 4 aromatic carbocycles. The number of benzene rings is 4. The first kappa shape index (κ1) is 39.9. The zero-order chi connectivity index (χ0) is 41.8. The first-order valence-corrected chi connectivity index (χ1v) is 20.5. The van der Waals surface area contributed by atoms with Gasteiger partial charge >= 0.3 is 12.2 Å². The van der Waals surface area contributed by atoms with Crippen molar-refractivity contribution in [3.63, 3.8) is 0 Å². The number of fused-ring (bicyclic) bond motifs is 1. The van der Waals surface area contributed by atoms with E-state index >= 15 is 0 Å². The van der Waals surface area contributed by atoms with Crippen molar-refractivity contribution < 1.29 is 24.2 Å². The fourth-order valence-corrected chi connectivity index (χ4v) is 8.44. The number of rotatable bonds is 12. The fourth-order valence-electron chi connectivity index (χ4n) is 8.44. The molecule has 13 heteroatoms. The summed E-state index contributed by atoms with van der Waals surface area (Å²) in [5.41, 5.74) is 7.91. The van der Waals surface area contributed by atoms with E-state index in [1.54, 1.807) is 11.1 Å². The van der Waals surface area contributed by atoms with Gasteiger partial charge in [-0.05, 0) is 76.8 Å². The van der Waals surface area contributed by atoms with E-state index in [9.17, 15) is 19.5 Å². The van der Waals surface area contributed by atoms with Crippen LogP contribution in [0, 0.1) is 5.92 Å². The van der Waals surface area contributed by atoms with Crippen LogP contribution in [0.3, 0.4) is 0 Å². The van der Waals surface area contributed by atoms with E-state index in [1.807, 2.05) is 56.6 Å². The molecule has 0 radical (unpaired) electrons. The number of carboxylic acid groups (broad SMARTS) is 1. The number of imidazole rings is 2. The number of hydrogen-bond acceptors (Lipinski definition) is 7. The maximum Gasteiger partial charge on any atom is 0.411 e. The number of hydrogen-bond donors (Lipinski definition) is 5. The lowest BCUT2D eigenvalue weighted by molar-refractivity contribution is -0.135. The smallest absolute Gasteiger partial charge is 0.411 e. The quantitative estimate of drug-likeness (QED) is 0.0818. The van der Waals surface area contributed by atoms with Gasteiger partial charge in [-0.2, -0.15) is 0 Å². The van der Waals surface area contributed by atoms with E-state index in [4.69, 9.17) is 9.72 Å². The fraction of sp³-hybridized carbons (Fsp3) is 0.298. The van der Waals surface area contributed by atoms with Gasteiger partial charge in [0.25, 0.3) is 0 Å². The van der Waals surface area contributed by atoms with E-state index in [2.05, 4.69) is 91.1 Å². The predicted molar refractivity (Wildman–Crippen MR) is 230 cm³/mol. The molecule has 2 fully saturated rings. The van der Waals surface area contributed by atoms with Crippen LogP contribution < -0.4 is 10.6 Å². The van der Waals surface area contributed by atoms with Crippen LogP contribution in [0.25, 0.3) is 44.4 Å². The molecule has 13 nitrogen and oxygen atoms in total. The lowest BCUT2D eigenvalue weighted by Crippen LogP contribution is -2.50. The number of alkyl carbamates (subject to hydrolysis) is 1. The van der Waals surface area contributed by atoms with E-state index in [-0.39, 0.29) is 23.9 Å². The lowest BCUT2D eigenvalue weighted by atomic mass is 9.98. The number of aromatic nitrogens is 4. The van der Waals surface area contributed by atoms with E-state index in [1.165, 1.54) is 7.11 Å². The number of methoxy groups -OCH3 is 1. The van der Waals surface area contributed by atoms with Crippen LogP contribution in [0.5, 0.6) is 0 Å². The number of H-pyrrole nitrogens is 2. The second kappa shape index (κ2) is 17.5. The van der Waals surface area contributed by atoms with E-state index < -0.39 is 18.2 Å². The Hall–Kier alpha value is -6.89. The minimum absolute atomic E-state index is 0.0531. The van der Waals surface area contributed by atoms with E-state index in [0.29, 0.717) is 18.8 Å². The maximum atomic E-state index is 13.4. The van der Waals surface area contributed by atoms with Gasteiger partial charge in [-0.3, -0.25) is 10.1 Å². The SMILES string of the molecule is COC(=O)NC(=CN1CCCC1c1ncc(-c2ccc(-c3ccc4cc(-c5cnc(C6CCCN6C(=O)C(NC(=O)O)C(C)C)[nH]5)ccc4c3)cc2)[nH]1)Cc1ccccc1. The molecule has 308 valence electrons. The van der Waals surface area contributed by atoms with Gasteiger partial charge in [0.1, 0.15) is 17.7 Å². The van der Waals surface area contributed by atoms with Crippen LogP contribution in [0.2, 0.25) is 0 Å². The summed E-state index contributed by atoms with van der Waals surface area (Å²) in [6.07, 6.45) is 8.14. The highest BCUT2D eigenvalue weighted by Crippen LogP contribution is 2.35. The number of nitrogens with one attached hydrogen (secondary N) is 4. The maximum absolute atomic E-state index is 13.4. The molecule has 0 spiro atoms. The summed E-state index contributed by atoms with van der Waals surface area (Å²) in [7, 11) is 1.37. The number of amides is 3. The molecule has 8 rings (SSSR count). The van der Waals surface area contributed by atoms with Crippen molar-refractivity contribution in [3.8, 4) is 33.6 Å². The summed E-state index contributed by atoms with van der Waals surface area (Å²) in [4.78, 5) is 57.6. The number of likely N-dealkylation sites (tertiary alicyclic amines) is 2. The van der Waals surface area contributed by atoms with Crippen LogP contribution in [0.4, 0.5) is 9.59 Å². The Balaban J connectivity index is 0.942. The lowest BCUT2D eigenvalue weighted by Gasteiger charge is -2.29. The third-order valence-electron chi connectivity index (χ3n) is 11.6. The van der Waals surface area contributed by atoms with Gasteiger partial charge in [-0.15, -0.1) is 0 Å². The van der Waals surface area contributed by atoms with Crippen LogP contribution in [0.15, 0.2) is 115 Å². The molecule has 3 amide bonds. The molecular weight excluding hydrogens is 757 g/mol. The molecule has 5 N–H and O–H groups in total. The van der Waals surface area contributed by atoms with Crippen LogP contribution >= 0.6 is 0 Å². The molecule has 3 atom stereocenters. The number of ether oxygens (including phenoxy) is 1. The summed E-state index contributed by atoms with van der Waals surface area (Å²) in [6.45, 7) is 5.09. The zero-order valence-electron chi connectivity index (χ0n) is 34.0. The second-order valence-electron chi connectivity index (χ2n) is 15.9. The predicted octanol–water partition coefficient (Wildman–Crippen LogP) is 8.82. The molecule has 0 bridgehead atoms. The standard InChI is InChI=1S/C47H50N8O5/c1-29(2)42(53-46(57)58)45(56)55-22-8-12-41(55)44-49-27-39(52-44)36-20-19-34-24-33(17-18-35(34)25-36)31-13-15-32(16-14-31)38-26-48-43(51-38)40-11-7-21-54(40)28-37(50-47(59)60-3)23-30-9-5-4-6-10-30/h4-6,9-10,13-20,24-29,40-42,53H,7-8,11-12,21-23H2,1-3H3,(H,48,51)(H,49,52)(H,50,59)(H,57,58). The Labute approximate surface area is 348 Å². The van der Waals surface area contributed by atoms with Crippen molar-refractivity contribution in [1.82, 2.24) is 40.4 Å². The van der Waals surface area contributed by atoms with Gasteiger partial charge in [0.05, 0.1) is 43.0 Å². The minimum Gasteiger partial charge on any atom is -0.465 e. The number of carbonyl (C=O) groups is 3. The molecule has 3 unspecified atom stereocenters. The molecule has 2 aromatic heterocycles. The average Bonchev–Trinajstić information content (AvgIpc) is 4.10. The van der Waals surface area contributed by atoms with Crippen molar-refractivity contribution >= 4 is 28.9 Å². The molecule has 60 heavy (non-hydrogen) atoms. The largest absolute Gasteiger partial charge is 0.465 e. The summed E-state index contributed by atoms with van der Waals surface area (Å²) in [5.74, 6) is 1.19. The monoisotopic (exact) mass is 806 g/mol. The normalized spacial score (nSPS) is 17.3. The average molecular weight is 807 g/mol. The Bertz CT molecular complexity index is 2510. The second-order valence-corrected chi connectivity index (χ2v) is 15.9. The Morgan fingerprint density at radius 1 is 0.800 bits per heavy atom. The highest BCUT2D eigenvalue weighted by molar-refractivity contribution is 5.91. The summed E-state index contributed by atoms with van der Waals surface area (Å²) < 4.78 is 4.91. The van der Waals surface area contributed by atoms with Crippen LogP contribution in [0.1, 0.15) is 68.8 Å². The van der Waals surface area contributed by atoms with Gasteiger partial charge in [-0.1, -0.05) is 92.7 Å². The number of nitrogens with zero attached hydrogens (tertiary/aromatic N) is 4. The Morgan fingerprint density at radius 3 is 2.08 bits per heavy atom. The molecular formula is C47H50N8O5. The molecule has 0 saturated carbocycles. The molecule has 2 saturated heterocycles. The summed E-state index contributed by atoms with van der Waals surface area (Å²) in [5, 5.41) is 16.8. The minimum atomic E-state index is -1.21. The highest BCUT2D eigenvalue weighted by atomic mass is 16.5. The van der Waals surface area contributed by atoms with Crippen molar-refractivity contribution in [2.45, 2.75) is 64.1 Å². The van der Waals surface area contributed by atoms with Gasteiger partial charge in [0.15, 0.2) is 0 Å². The van der Waals surface area contributed by atoms with Gasteiger partial charge in [-0.25, -0.2) is 19.6 Å². The first-order valence-electron chi connectivity index (χ1n) is 20.5. The Morgan fingerprint density at radius 2 is 1.40 bits per heavy atom. The van der Waals surface area contributed by atoms with Crippen molar-refractivity contribution in [1.29, 1.82) is 0 Å². The van der Waals surface area contributed by atoms with Crippen LogP contribution in [-0.4, -0.2) is 79.2 Å². The van der Waals surface area contributed by atoms with Gasteiger partial charge in [0.2, 0.25) is 5.91 Å². The molecule has 2 aliphatic rings. The van der Waals surface area contributed by atoms with Crippen molar-refractivity contribution in [2.24, 2.45) is 5.92 Å². The number of carbonyl (C=O) groups excluding carboxylic acids is 2.